The molecule has 0 bridgehead atoms. The molecular weight excluding hydrogens is 316 g/mol. The summed E-state index contributed by atoms with van der Waals surface area (Å²) < 4.78 is 4.58. The summed E-state index contributed by atoms with van der Waals surface area (Å²) in [6.45, 7) is 2.17. The van der Waals surface area contributed by atoms with Crippen LogP contribution in [0.5, 0.6) is 0 Å². The molecule has 0 unspecified atom stereocenters. The Bertz CT molecular complexity index is 554. The molecule has 0 aromatic rings. The van der Waals surface area contributed by atoms with Gasteiger partial charge in [-0.15, -0.1) is 0 Å². The van der Waals surface area contributed by atoms with Gasteiger partial charge in [0.1, 0.15) is 5.60 Å². The lowest BCUT2D eigenvalue weighted by Gasteiger charge is -2.20. The van der Waals surface area contributed by atoms with Crippen molar-refractivity contribution in [1.29, 1.82) is 0 Å². The van der Waals surface area contributed by atoms with Crippen molar-refractivity contribution in [2.24, 2.45) is 0 Å². The predicted molar refractivity (Wildman–Crippen MR) is 100 cm³/mol. The zero-order valence-corrected chi connectivity index (χ0v) is 15.4. The van der Waals surface area contributed by atoms with Crippen molar-refractivity contribution in [3.63, 3.8) is 0 Å². The predicted octanol–water partition coefficient (Wildman–Crippen LogP) is 4.21. The van der Waals surface area contributed by atoms with E-state index >= 15 is 0 Å². The van der Waals surface area contributed by atoms with Crippen LogP contribution < -0.4 is 0 Å². The molecule has 0 saturated heterocycles. The lowest BCUT2D eigenvalue weighted by molar-refractivity contribution is -0.140. The molecule has 4 nitrogen and oxygen atoms in total. The van der Waals surface area contributed by atoms with Gasteiger partial charge in [-0.05, 0) is 37.8 Å². The van der Waals surface area contributed by atoms with Crippen LogP contribution in [0.4, 0.5) is 0 Å². The first-order chi connectivity index (χ1) is 12.0. The number of rotatable bonds is 11. The lowest BCUT2D eigenvalue weighted by atomic mass is 9.92. The average molecular weight is 346 g/mol. The summed E-state index contributed by atoms with van der Waals surface area (Å²) in [5.74, 6) is -0.372. The molecule has 0 aromatic carbocycles. The van der Waals surface area contributed by atoms with Gasteiger partial charge in [-0.25, -0.2) is 0 Å². The van der Waals surface area contributed by atoms with Crippen LogP contribution >= 0.6 is 0 Å². The average Bonchev–Trinajstić information content (AvgIpc) is 2.89. The van der Waals surface area contributed by atoms with E-state index < -0.39 is 5.60 Å². The third-order valence-corrected chi connectivity index (χ3v) is 4.19. The van der Waals surface area contributed by atoms with Crippen molar-refractivity contribution in [3.8, 4) is 0 Å². The van der Waals surface area contributed by atoms with Gasteiger partial charge in [-0.3, -0.25) is 9.59 Å². The molecule has 0 spiro atoms. The topological polar surface area (TPSA) is 63.6 Å². The summed E-state index contributed by atoms with van der Waals surface area (Å²) in [6.07, 6.45) is 19.1. The SMILES string of the molecule is CCCCC/C=C\C[C@]1(O)C=CC(=O)C1=C/C=C\CCCC(=O)OC. The maximum atomic E-state index is 12.0. The highest BCUT2D eigenvalue weighted by molar-refractivity contribution is 6.09. The van der Waals surface area contributed by atoms with Crippen LogP contribution in [0.1, 0.15) is 58.3 Å². The quantitative estimate of drug-likeness (QED) is 0.263. The molecule has 0 fully saturated rings. The highest BCUT2D eigenvalue weighted by Gasteiger charge is 2.35. The smallest absolute Gasteiger partial charge is 0.305 e. The Morgan fingerprint density at radius 3 is 2.68 bits per heavy atom. The minimum atomic E-state index is -1.21. The van der Waals surface area contributed by atoms with Gasteiger partial charge in [0.2, 0.25) is 0 Å². The van der Waals surface area contributed by atoms with Crippen molar-refractivity contribution in [2.75, 3.05) is 7.11 Å². The number of hydrogen-bond donors (Lipinski definition) is 1. The Morgan fingerprint density at radius 2 is 1.96 bits per heavy atom. The molecule has 4 heteroatoms. The maximum absolute atomic E-state index is 12.0. The number of ether oxygens (including phenoxy) is 1. The summed E-state index contributed by atoms with van der Waals surface area (Å²) in [5.41, 5.74) is -0.816. The minimum Gasteiger partial charge on any atom is -0.469 e. The first-order valence-electron chi connectivity index (χ1n) is 9.08. The zero-order chi connectivity index (χ0) is 18.5. The standard InChI is InChI=1S/C21H30O4/c1-3-4-5-6-9-12-16-21(24)17-15-19(22)18(21)13-10-7-8-11-14-20(23)25-2/h7,9-10,12-13,15,17,24H,3-6,8,11,14,16H2,1-2H3/b10-7-,12-9-,18-13?/t21-/m0/s1. The van der Waals surface area contributed by atoms with Crippen LogP contribution in [0.2, 0.25) is 0 Å². The van der Waals surface area contributed by atoms with Gasteiger partial charge in [0, 0.05) is 18.4 Å². The Morgan fingerprint density at radius 1 is 1.20 bits per heavy atom. The van der Waals surface area contributed by atoms with E-state index in [0.29, 0.717) is 24.8 Å². The van der Waals surface area contributed by atoms with Crippen molar-refractivity contribution in [2.45, 2.75) is 63.9 Å². The second kappa shape index (κ2) is 11.6. The van der Waals surface area contributed by atoms with Crippen molar-refractivity contribution in [1.82, 2.24) is 0 Å². The molecule has 1 aliphatic rings. The van der Waals surface area contributed by atoms with Gasteiger partial charge in [0.15, 0.2) is 5.78 Å². The van der Waals surface area contributed by atoms with Crippen LogP contribution in [-0.2, 0) is 14.3 Å². The van der Waals surface area contributed by atoms with Gasteiger partial charge >= 0.3 is 5.97 Å². The molecule has 25 heavy (non-hydrogen) atoms. The van der Waals surface area contributed by atoms with Crippen molar-refractivity contribution >= 4 is 11.8 Å². The van der Waals surface area contributed by atoms with E-state index in [2.05, 4.69) is 17.7 Å². The molecule has 0 saturated carbocycles. The highest BCUT2D eigenvalue weighted by Crippen LogP contribution is 2.30. The fourth-order valence-corrected chi connectivity index (χ4v) is 2.63. The first-order valence-corrected chi connectivity index (χ1v) is 9.08. The van der Waals surface area contributed by atoms with Gasteiger partial charge in [-0.2, -0.15) is 0 Å². The fourth-order valence-electron chi connectivity index (χ4n) is 2.63. The number of ketones is 1. The van der Waals surface area contributed by atoms with Crippen molar-refractivity contribution in [3.05, 3.63) is 48.1 Å². The number of carbonyl (C=O) groups excluding carboxylic acids is 2. The molecule has 0 aromatic heterocycles. The van der Waals surface area contributed by atoms with E-state index in [1.165, 1.54) is 26.0 Å². The Hall–Kier alpha value is -1.94. The molecule has 0 aliphatic heterocycles. The molecule has 1 atom stereocenters. The molecule has 0 amide bonds. The number of unbranched alkanes of at least 4 members (excludes halogenated alkanes) is 4. The van der Waals surface area contributed by atoms with Crippen LogP contribution in [0.15, 0.2) is 48.1 Å². The summed E-state index contributed by atoms with van der Waals surface area (Å²) in [7, 11) is 1.38. The van der Waals surface area contributed by atoms with Gasteiger partial charge in [-0.1, -0.05) is 50.1 Å². The number of allylic oxidation sites excluding steroid dienone is 5. The Balaban J connectivity index is 2.51. The Kier molecular flexibility index (Phi) is 9.78. The maximum Gasteiger partial charge on any atom is 0.305 e. The lowest BCUT2D eigenvalue weighted by Crippen LogP contribution is -2.27. The number of aliphatic hydroxyl groups is 1. The monoisotopic (exact) mass is 346 g/mol. The van der Waals surface area contributed by atoms with E-state index in [4.69, 9.17) is 0 Å². The third-order valence-electron chi connectivity index (χ3n) is 4.19. The second-order valence-corrected chi connectivity index (χ2v) is 6.27. The van der Waals surface area contributed by atoms with Crippen molar-refractivity contribution < 1.29 is 19.4 Å². The van der Waals surface area contributed by atoms with E-state index in [9.17, 15) is 14.7 Å². The summed E-state index contributed by atoms with van der Waals surface area (Å²) in [6, 6.07) is 0. The number of hydrogen-bond acceptors (Lipinski definition) is 4. The molecule has 1 aliphatic carbocycles. The van der Waals surface area contributed by atoms with E-state index in [1.807, 2.05) is 12.2 Å². The first kappa shape index (κ1) is 21.1. The Labute approximate surface area is 151 Å². The molecule has 1 N–H and O–H groups in total. The van der Waals surface area contributed by atoms with Crippen LogP contribution in [-0.4, -0.2) is 29.6 Å². The van der Waals surface area contributed by atoms with E-state index in [0.717, 1.165) is 19.3 Å². The zero-order valence-electron chi connectivity index (χ0n) is 15.4. The van der Waals surface area contributed by atoms with Gasteiger partial charge < -0.3 is 9.84 Å². The van der Waals surface area contributed by atoms with Gasteiger partial charge in [0.05, 0.1) is 7.11 Å². The third kappa shape index (κ3) is 7.65. The highest BCUT2D eigenvalue weighted by atomic mass is 16.5. The summed E-state index contributed by atoms with van der Waals surface area (Å²) in [4.78, 5) is 23.0. The van der Waals surface area contributed by atoms with E-state index in [1.54, 1.807) is 18.2 Å². The molecule has 0 radical (unpaired) electrons. The van der Waals surface area contributed by atoms with Crippen LogP contribution in [0.25, 0.3) is 0 Å². The fraction of sp³-hybridized carbons (Fsp3) is 0.524. The van der Waals surface area contributed by atoms with Gasteiger partial charge in [0.25, 0.3) is 0 Å². The molecular formula is C21H30O4. The molecule has 0 heterocycles. The van der Waals surface area contributed by atoms with Crippen LogP contribution in [0.3, 0.4) is 0 Å². The number of methoxy groups -OCH3 is 1. The molecule has 138 valence electrons. The second-order valence-electron chi connectivity index (χ2n) is 6.27. The minimum absolute atomic E-state index is 0.152. The van der Waals surface area contributed by atoms with E-state index in [-0.39, 0.29) is 11.8 Å². The number of esters is 1. The summed E-state index contributed by atoms with van der Waals surface area (Å²) >= 11 is 0. The van der Waals surface area contributed by atoms with Crippen LogP contribution in [0, 0.1) is 0 Å². The summed E-state index contributed by atoms with van der Waals surface area (Å²) in [5, 5.41) is 10.7. The largest absolute Gasteiger partial charge is 0.469 e. The number of carbonyl (C=O) groups is 2. The normalized spacial score (nSPS) is 21.9. The molecule has 1 rings (SSSR count).